The van der Waals surface area contributed by atoms with Crippen LogP contribution in [0.25, 0.3) is 6.08 Å². The highest BCUT2D eigenvalue weighted by molar-refractivity contribution is 6.43. The molecule has 1 aromatic carbocycles. The summed E-state index contributed by atoms with van der Waals surface area (Å²) in [6.45, 7) is 3.80. The quantitative estimate of drug-likeness (QED) is 0.678. The van der Waals surface area contributed by atoms with Crippen molar-refractivity contribution in [2.45, 2.75) is 13.8 Å². The van der Waals surface area contributed by atoms with Crippen LogP contribution in [-0.4, -0.2) is 28.0 Å². The second-order valence-corrected chi connectivity index (χ2v) is 5.02. The van der Waals surface area contributed by atoms with E-state index in [0.717, 1.165) is 5.56 Å². The van der Waals surface area contributed by atoms with Crippen LogP contribution in [0.2, 0.25) is 0 Å². The average molecular weight is 297 g/mol. The molecular weight excluding hydrogens is 278 g/mol. The molecule has 0 radical (unpaired) electrons. The molecule has 0 saturated heterocycles. The smallest absolute Gasteiger partial charge is 0.292 e. The highest BCUT2D eigenvalue weighted by Gasteiger charge is 2.23. The molecule has 0 spiro atoms. The van der Waals surface area contributed by atoms with Crippen molar-refractivity contribution in [1.29, 1.82) is 0 Å². The van der Waals surface area contributed by atoms with Gasteiger partial charge in [-0.2, -0.15) is 5.10 Å². The predicted octanol–water partition coefficient (Wildman–Crippen LogP) is 2.05. The lowest BCUT2D eigenvalue weighted by molar-refractivity contribution is -0.116. The average Bonchev–Trinajstić information content (AvgIpc) is 2.76. The minimum absolute atomic E-state index is 0.303. The summed E-state index contributed by atoms with van der Waals surface area (Å²) < 4.78 is 1.60. The summed E-state index contributed by atoms with van der Waals surface area (Å²) in [5.74, 6) is -1.16. The molecule has 2 rings (SSSR count). The molecule has 0 fully saturated rings. The summed E-state index contributed by atoms with van der Waals surface area (Å²) in [6.07, 6.45) is 3.70. The van der Waals surface area contributed by atoms with E-state index in [4.69, 9.17) is 0 Å². The molecular formula is C17H19N3O2. The van der Waals surface area contributed by atoms with E-state index in [1.165, 1.54) is 0 Å². The van der Waals surface area contributed by atoms with Crippen molar-refractivity contribution in [3.63, 3.8) is 0 Å². The van der Waals surface area contributed by atoms with Gasteiger partial charge in [0, 0.05) is 19.3 Å². The van der Waals surface area contributed by atoms with E-state index < -0.39 is 11.7 Å². The Morgan fingerprint density at radius 3 is 2.50 bits per heavy atom. The monoisotopic (exact) mass is 297 g/mol. The number of hydrogen-bond donors (Lipinski definition) is 1. The number of hydrogen-bond acceptors (Lipinski definition) is 3. The normalized spacial score (nSPS) is 10.9. The van der Waals surface area contributed by atoms with E-state index in [1.54, 1.807) is 25.6 Å². The Bertz CT molecular complexity index is 715. The molecule has 1 aromatic heterocycles. The summed E-state index contributed by atoms with van der Waals surface area (Å²) >= 11 is 0. The van der Waals surface area contributed by atoms with E-state index in [0.29, 0.717) is 23.5 Å². The number of nitrogens with zero attached hydrogens (tertiary/aromatic N) is 2. The Hall–Kier alpha value is -2.69. The second-order valence-electron chi connectivity index (χ2n) is 5.02. The lowest BCUT2D eigenvalue weighted by atomic mass is 10.1. The Morgan fingerprint density at radius 2 is 1.91 bits per heavy atom. The van der Waals surface area contributed by atoms with Gasteiger partial charge in [0.25, 0.3) is 11.7 Å². The van der Waals surface area contributed by atoms with Gasteiger partial charge in [-0.25, -0.2) is 0 Å². The van der Waals surface area contributed by atoms with Gasteiger partial charge in [0.1, 0.15) is 0 Å². The molecule has 1 N–H and O–H groups in total. The van der Waals surface area contributed by atoms with Crippen LogP contribution >= 0.6 is 0 Å². The Kier molecular flexibility index (Phi) is 4.88. The Morgan fingerprint density at radius 1 is 1.23 bits per heavy atom. The second kappa shape index (κ2) is 6.85. The third kappa shape index (κ3) is 3.49. The number of aromatic nitrogens is 2. The SMILES string of the molecule is Cc1nn(C)c(C)c1C(=O)C(=O)NCC=Cc1ccccc1. The van der Waals surface area contributed by atoms with Crippen molar-refractivity contribution in [2.75, 3.05) is 6.54 Å². The lowest BCUT2D eigenvalue weighted by Crippen LogP contribution is -2.31. The minimum Gasteiger partial charge on any atom is -0.346 e. The number of carbonyl (C=O) groups is 2. The van der Waals surface area contributed by atoms with Gasteiger partial charge in [-0.15, -0.1) is 0 Å². The van der Waals surface area contributed by atoms with Crippen molar-refractivity contribution in [2.24, 2.45) is 7.05 Å². The molecule has 114 valence electrons. The number of ketones is 1. The molecule has 0 aliphatic heterocycles. The van der Waals surface area contributed by atoms with Crippen LogP contribution in [0.4, 0.5) is 0 Å². The predicted molar refractivity (Wildman–Crippen MR) is 85.5 cm³/mol. The first kappa shape index (κ1) is 15.7. The lowest BCUT2D eigenvalue weighted by Gasteiger charge is -2.02. The summed E-state index contributed by atoms with van der Waals surface area (Å²) in [5, 5.41) is 6.75. The zero-order valence-electron chi connectivity index (χ0n) is 13.0. The summed E-state index contributed by atoms with van der Waals surface area (Å²) in [4.78, 5) is 24.1. The molecule has 0 atom stereocenters. The minimum atomic E-state index is -0.614. The molecule has 0 bridgehead atoms. The molecule has 0 aliphatic carbocycles. The number of amides is 1. The third-order valence-electron chi connectivity index (χ3n) is 3.43. The van der Waals surface area contributed by atoms with Gasteiger partial charge in [0.05, 0.1) is 11.3 Å². The topological polar surface area (TPSA) is 64.0 Å². The fourth-order valence-corrected chi connectivity index (χ4v) is 2.21. The van der Waals surface area contributed by atoms with Gasteiger partial charge in [-0.1, -0.05) is 42.5 Å². The number of carbonyl (C=O) groups excluding carboxylic acids is 2. The number of benzene rings is 1. The molecule has 0 unspecified atom stereocenters. The first-order valence-corrected chi connectivity index (χ1v) is 7.05. The standard InChI is InChI=1S/C17H19N3O2/c1-12-15(13(2)20(3)19-12)16(21)17(22)18-11-7-10-14-8-5-4-6-9-14/h4-10H,11H2,1-3H3,(H,18,22). The van der Waals surface area contributed by atoms with Crippen LogP contribution in [0, 0.1) is 13.8 Å². The van der Waals surface area contributed by atoms with E-state index >= 15 is 0 Å². The summed E-state index contributed by atoms with van der Waals surface area (Å²) in [5.41, 5.74) is 2.69. The van der Waals surface area contributed by atoms with Gasteiger partial charge < -0.3 is 5.32 Å². The molecule has 0 saturated carbocycles. The largest absolute Gasteiger partial charge is 0.346 e. The van der Waals surface area contributed by atoms with Gasteiger partial charge in [-0.3, -0.25) is 14.3 Å². The molecule has 1 heterocycles. The zero-order chi connectivity index (χ0) is 16.1. The van der Waals surface area contributed by atoms with E-state index in [1.807, 2.05) is 42.5 Å². The van der Waals surface area contributed by atoms with Crippen LogP contribution in [0.15, 0.2) is 36.4 Å². The number of Topliss-reactive ketones (excluding diaryl/α,β-unsaturated/α-hetero) is 1. The first-order chi connectivity index (χ1) is 10.5. The van der Waals surface area contributed by atoms with Gasteiger partial charge in [0.15, 0.2) is 0 Å². The van der Waals surface area contributed by atoms with Crippen molar-refractivity contribution in [3.8, 4) is 0 Å². The third-order valence-corrected chi connectivity index (χ3v) is 3.43. The first-order valence-electron chi connectivity index (χ1n) is 7.05. The number of rotatable bonds is 5. The zero-order valence-corrected chi connectivity index (χ0v) is 13.0. The molecule has 2 aromatic rings. The van der Waals surface area contributed by atoms with E-state index in [9.17, 15) is 9.59 Å². The van der Waals surface area contributed by atoms with Crippen LogP contribution in [0.3, 0.4) is 0 Å². The molecule has 5 heteroatoms. The number of nitrogens with one attached hydrogen (secondary N) is 1. The van der Waals surface area contributed by atoms with Crippen molar-refractivity contribution >= 4 is 17.8 Å². The highest BCUT2D eigenvalue weighted by atomic mass is 16.2. The fourth-order valence-electron chi connectivity index (χ4n) is 2.21. The molecule has 5 nitrogen and oxygen atoms in total. The summed E-state index contributed by atoms with van der Waals surface area (Å²) in [7, 11) is 1.75. The van der Waals surface area contributed by atoms with Gasteiger partial charge in [0.2, 0.25) is 0 Å². The van der Waals surface area contributed by atoms with Crippen LogP contribution in [0.1, 0.15) is 27.3 Å². The molecule has 0 aliphatic rings. The molecule has 22 heavy (non-hydrogen) atoms. The Labute approximate surface area is 129 Å². The highest BCUT2D eigenvalue weighted by Crippen LogP contribution is 2.12. The van der Waals surface area contributed by atoms with Crippen molar-refractivity contribution in [3.05, 3.63) is 58.9 Å². The summed E-state index contributed by atoms with van der Waals surface area (Å²) in [6, 6.07) is 9.75. The van der Waals surface area contributed by atoms with Crippen LogP contribution in [0.5, 0.6) is 0 Å². The van der Waals surface area contributed by atoms with Crippen LogP contribution < -0.4 is 5.32 Å². The maximum absolute atomic E-state index is 12.2. The van der Waals surface area contributed by atoms with Gasteiger partial charge >= 0.3 is 0 Å². The van der Waals surface area contributed by atoms with E-state index in [-0.39, 0.29) is 0 Å². The number of aryl methyl sites for hydroxylation is 2. The Balaban J connectivity index is 1.95. The van der Waals surface area contributed by atoms with Gasteiger partial charge in [-0.05, 0) is 19.4 Å². The van der Waals surface area contributed by atoms with Crippen LogP contribution in [-0.2, 0) is 11.8 Å². The van der Waals surface area contributed by atoms with E-state index in [2.05, 4.69) is 10.4 Å². The fraction of sp³-hybridized carbons (Fsp3) is 0.235. The molecule has 1 amide bonds. The van der Waals surface area contributed by atoms with Crippen molar-refractivity contribution in [1.82, 2.24) is 15.1 Å². The maximum Gasteiger partial charge on any atom is 0.292 e. The maximum atomic E-state index is 12.2. The van der Waals surface area contributed by atoms with Crippen molar-refractivity contribution < 1.29 is 9.59 Å².